The average molecular weight is 433 g/mol. The molecule has 144 valence electrons. The molecule has 1 heterocycles. The van der Waals surface area contributed by atoms with Gasteiger partial charge in [-0.3, -0.25) is 4.79 Å². The minimum atomic E-state index is -0.380. The number of nitrogens with one attached hydrogen (secondary N) is 1. The van der Waals surface area contributed by atoms with Crippen molar-refractivity contribution in [1.29, 1.82) is 0 Å². The molecular formula is C20H17ClN2O3S2. The Hall–Kier alpha value is -2.35. The van der Waals surface area contributed by atoms with Crippen molar-refractivity contribution in [3.05, 3.63) is 64.5 Å². The molecular weight excluding hydrogens is 416 g/mol. The highest BCUT2D eigenvalue weighted by Crippen LogP contribution is 2.26. The SMILES string of the molecule is COC(=O)c1ccc(-c2csc(NC(=O)CCSc3ccc(Cl)cc3)n2)cc1. The van der Waals surface area contributed by atoms with Gasteiger partial charge in [0, 0.05) is 33.0 Å². The van der Waals surface area contributed by atoms with E-state index >= 15 is 0 Å². The summed E-state index contributed by atoms with van der Waals surface area (Å²) >= 11 is 8.83. The van der Waals surface area contributed by atoms with Crippen LogP contribution in [0.25, 0.3) is 11.3 Å². The highest BCUT2D eigenvalue weighted by molar-refractivity contribution is 7.99. The highest BCUT2D eigenvalue weighted by atomic mass is 35.5. The maximum Gasteiger partial charge on any atom is 0.337 e. The van der Waals surface area contributed by atoms with E-state index < -0.39 is 0 Å². The molecule has 0 atom stereocenters. The Bertz CT molecular complexity index is 956. The number of hydrogen-bond donors (Lipinski definition) is 1. The van der Waals surface area contributed by atoms with Gasteiger partial charge in [-0.1, -0.05) is 23.7 Å². The molecule has 3 rings (SSSR count). The number of anilines is 1. The minimum Gasteiger partial charge on any atom is -0.465 e. The minimum absolute atomic E-state index is 0.0802. The van der Waals surface area contributed by atoms with E-state index in [1.54, 1.807) is 36.0 Å². The number of halogens is 1. The van der Waals surface area contributed by atoms with Crippen molar-refractivity contribution in [3.8, 4) is 11.3 Å². The van der Waals surface area contributed by atoms with Gasteiger partial charge in [-0.2, -0.15) is 0 Å². The number of thioether (sulfide) groups is 1. The van der Waals surface area contributed by atoms with Crippen molar-refractivity contribution in [3.63, 3.8) is 0 Å². The number of hydrogen-bond acceptors (Lipinski definition) is 6. The first-order valence-electron chi connectivity index (χ1n) is 8.37. The number of esters is 1. The number of thiazole rings is 1. The van der Waals surface area contributed by atoms with Crippen molar-refractivity contribution in [2.24, 2.45) is 0 Å². The summed E-state index contributed by atoms with van der Waals surface area (Å²) < 4.78 is 4.69. The van der Waals surface area contributed by atoms with Crippen molar-refractivity contribution < 1.29 is 14.3 Å². The zero-order chi connectivity index (χ0) is 19.9. The quantitative estimate of drug-likeness (QED) is 0.401. The normalized spacial score (nSPS) is 10.5. The van der Waals surface area contributed by atoms with E-state index in [0.29, 0.717) is 27.9 Å². The summed E-state index contributed by atoms with van der Waals surface area (Å²) in [6.07, 6.45) is 0.385. The van der Waals surface area contributed by atoms with E-state index in [4.69, 9.17) is 11.6 Å². The lowest BCUT2D eigenvalue weighted by molar-refractivity contribution is -0.115. The van der Waals surface area contributed by atoms with Crippen LogP contribution in [0.15, 0.2) is 58.8 Å². The molecule has 0 bridgehead atoms. The molecule has 0 aliphatic rings. The number of aromatic nitrogens is 1. The number of amides is 1. The molecule has 8 heteroatoms. The van der Waals surface area contributed by atoms with Crippen LogP contribution in [0.1, 0.15) is 16.8 Å². The molecule has 5 nitrogen and oxygen atoms in total. The Kier molecular flexibility index (Phi) is 7.08. The molecule has 0 unspecified atom stereocenters. The average Bonchev–Trinajstić information content (AvgIpc) is 3.17. The second-order valence-corrected chi connectivity index (χ2v) is 8.17. The molecule has 1 N–H and O–H groups in total. The van der Waals surface area contributed by atoms with Crippen LogP contribution >= 0.6 is 34.7 Å². The molecule has 0 spiro atoms. The van der Waals surface area contributed by atoms with Crippen LogP contribution in [-0.2, 0) is 9.53 Å². The summed E-state index contributed by atoms with van der Waals surface area (Å²) in [7, 11) is 1.35. The molecule has 0 radical (unpaired) electrons. The molecule has 0 saturated heterocycles. The van der Waals surface area contributed by atoms with Crippen molar-refractivity contribution in [2.45, 2.75) is 11.3 Å². The van der Waals surface area contributed by atoms with Crippen LogP contribution in [-0.4, -0.2) is 29.7 Å². The predicted octanol–water partition coefficient (Wildman–Crippen LogP) is 5.37. The smallest absolute Gasteiger partial charge is 0.337 e. The molecule has 3 aromatic rings. The summed E-state index contributed by atoms with van der Waals surface area (Å²) in [5.41, 5.74) is 2.09. The molecule has 2 aromatic carbocycles. The summed E-state index contributed by atoms with van der Waals surface area (Å²) in [5.74, 6) is 0.207. The number of ether oxygens (including phenoxy) is 1. The van der Waals surface area contributed by atoms with Gasteiger partial charge in [-0.05, 0) is 36.4 Å². The molecule has 1 amide bonds. The van der Waals surface area contributed by atoms with Crippen molar-refractivity contribution >= 4 is 51.7 Å². The third-order valence-corrected chi connectivity index (χ3v) is 5.79. The van der Waals surface area contributed by atoms with Gasteiger partial charge >= 0.3 is 5.97 Å². The third kappa shape index (κ3) is 5.58. The van der Waals surface area contributed by atoms with Gasteiger partial charge in [0.2, 0.25) is 5.91 Å². The highest BCUT2D eigenvalue weighted by Gasteiger charge is 2.10. The Morgan fingerprint density at radius 2 is 1.86 bits per heavy atom. The molecule has 0 fully saturated rings. The van der Waals surface area contributed by atoms with Crippen molar-refractivity contribution in [2.75, 3.05) is 18.2 Å². The lowest BCUT2D eigenvalue weighted by atomic mass is 10.1. The lowest BCUT2D eigenvalue weighted by Crippen LogP contribution is -2.11. The Morgan fingerprint density at radius 3 is 2.54 bits per heavy atom. The van der Waals surface area contributed by atoms with Gasteiger partial charge in [0.05, 0.1) is 18.4 Å². The first-order chi connectivity index (χ1) is 13.5. The summed E-state index contributed by atoms with van der Waals surface area (Å²) in [6.45, 7) is 0. The molecule has 28 heavy (non-hydrogen) atoms. The molecule has 1 aromatic heterocycles. The van der Waals surface area contributed by atoms with E-state index in [0.717, 1.165) is 16.2 Å². The van der Waals surface area contributed by atoms with Gasteiger partial charge in [0.15, 0.2) is 5.13 Å². The third-order valence-electron chi connectivity index (χ3n) is 3.76. The number of rotatable bonds is 7. The first kappa shape index (κ1) is 20.4. The number of carbonyl (C=O) groups is 2. The monoisotopic (exact) mass is 432 g/mol. The zero-order valence-corrected chi connectivity index (χ0v) is 17.4. The Labute approximate surface area is 176 Å². The van der Waals surface area contributed by atoms with Crippen LogP contribution in [0.5, 0.6) is 0 Å². The van der Waals surface area contributed by atoms with Crippen LogP contribution in [0.4, 0.5) is 5.13 Å². The lowest BCUT2D eigenvalue weighted by Gasteiger charge is -2.03. The predicted molar refractivity (Wildman–Crippen MR) is 114 cm³/mol. The van der Waals surface area contributed by atoms with Crippen LogP contribution in [0.3, 0.4) is 0 Å². The molecule has 0 saturated carbocycles. The largest absolute Gasteiger partial charge is 0.465 e. The Balaban J connectivity index is 1.51. The van der Waals surface area contributed by atoms with Gasteiger partial charge in [0.25, 0.3) is 0 Å². The van der Waals surface area contributed by atoms with E-state index in [2.05, 4.69) is 15.0 Å². The fourth-order valence-electron chi connectivity index (χ4n) is 2.33. The second kappa shape index (κ2) is 9.73. The zero-order valence-electron chi connectivity index (χ0n) is 15.0. The number of nitrogens with zero attached hydrogens (tertiary/aromatic N) is 1. The van der Waals surface area contributed by atoms with Crippen LogP contribution in [0, 0.1) is 0 Å². The topological polar surface area (TPSA) is 68.3 Å². The Morgan fingerprint density at radius 1 is 1.14 bits per heavy atom. The van der Waals surface area contributed by atoms with Gasteiger partial charge < -0.3 is 10.1 Å². The standard InChI is InChI=1S/C20H17ClN2O3S2/c1-26-19(25)14-4-2-13(3-5-14)17-12-28-20(22-17)23-18(24)10-11-27-16-8-6-15(21)7-9-16/h2-9,12H,10-11H2,1H3,(H,22,23,24). The van der Waals surface area contributed by atoms with Crippen molar-refractivity contribution in [1.82, 2.24) is 4.98 Å². The van der Waals surface area contributed by atoms with Gasteiger partial charge in [-0.15, -0.1) is 23.1 Å². The maximum atomic E-state index is 12.1. The van der Waals surface area contributed by atoms with Crippen LogP contribution < -0.4 is 5.32 Å². The van der Waals surface area contributed by atoms with Gasteiger partial charge in [-0.25, -0.2) is 9.78 Å². The van der Waals surface area contributed by atoms with E-state index in [9.17, 15) is 9.59 Å². The molecule has 0 aliphatic heterocycles. The number of methoxy groups -OCH3 is 1. The first-order valence-corrected chi connectivity index (χ1v) is 10.6. The van der Waals surface area contributed by atoms with Crippen LogP contribution in [0.2, 0.25) is 5.02 Å². The summed E-state index contributed by atoms with van der Waals surface area (Å²) in [6, 6.07) is 14.5. The fraction of sp³-hybridized carbons (Fsp3) is 0.150. The maximum absolute atomic E-state index is 12.1. The van der Waals surface area contributed by atoms with Gasteiger partial charge in [0.1, 0.15) is 0 Å². The number of benzene rings is 2. The summed E-state index contributed by atoms with van der Waals surface area (Å²) in [5, 5.41) is 5.94. The summed E-state index contributed by atoms with van der Waals surface area (Å²) in [4.78, 5) is 29.1. The van der Waals surface area contributed by atoms with E-state index in [1.165, 1.54) is 18.4 Å². The second-order valence-electron chi connectivity index (χ2n) is 5.71. The molecule has 0 aliphatic carbocycles. The van der Waals surface area contributed by atoms with E-state index in [1.807, 2.05) is 29.6 Å². The fourth-order valence-corrected chi connectivity index (χ4v) is 4.05. The number of carbonyl (C=O) groups excluding carboxylic acids is 2. The van der Waals surface area contributed by atoms with E-state index in [-0.39, 0.29) is 11.9 Å².